The average Bonchev–Trinajstić information content (AvgIpc) is 2.54. The van der Waals surface area contributed by atoms with Crippen molar-refractivity contribution in [3.8, 4) is 11.6 Å². The summed E-state index contributed by atoms with van der Waals surface area (Å²) in [5.74, 6) is -0.488. The van der Waals surface area contributed by atoms with Gasteiger partial charge in [0, 0.05) is 5.69 Å². The first-order chi connectivity index (χ1) is 12.6. The van der Waals surface area contributed by atoms with Crippen molar-refractivity contribution in [3.05, 3.63) is 46.1 Å². The molecule has 2 unspecified atom stereocenters. The number of aliphatic hydroxyl groups is 1. The molecule has 0 aliphatic heterocycles. The first-order valence-electron chi connectivity index (χ1n) is 9.09. The standard InChI is InChI=1S/C21H28N2O4/c1-7-16(15(6)24)23-17-10-14(5)22-20(18(17)21(25)26)27-19-12(3)8-11(2)9-13(19)4/h8-10,15-16,24H,7H2,1-6H3,(H,22,23)(H,25,26). The third-order valence-corrected chi connectivity index (χ3v) is 4.49. The minimum atomic E-state index is -1.14. The number of nitrogens with one attached hydrogen (secondary N) is 1. The highest BCUT2D eigenvalue weighted by molar-refractivity contribution is 5.97. The van der Waals surface area contributed by atoms with E-state index in [1.807, 2.05) is 39.8 Å². The number of aryl methyl sites for hydroxylation is 4. The Morgan fingerprint density at radius 3 is 2.26 bits per heavy atom. The van der Waals surface area contributed by atoms with Gasteiger partial charge in [0.15, 0.2) is 0 Å². The van der Waals surface area contributed by atoms with Gasteiger partial charge in [0.1, 0.15) is 11.3 Å². The van der Waals surface area contributed by atoms with E-state index in [1.165, 1.54) is 0 Å². The van der Waals surface area contributed by atoms with E-state index in [1.54, 1.807) is 19.9 Å². The smallest absolute Gasteiger partial charge is 0.343 e. The van der Waals surface area contributed by atoms with Crippen molar-refractivity contribution in [1.82, 2.24) is 4.98 Å². The number of rotatable bonds is 7. The van der Waals surface area contributed by atoms with E-state index in [4.69, 9.17) is 4.74 Å². The van der Waals surface area contributed by atoms with Gasteiger partial charge in [-0.3, -0.25) is 0 Å². The molecule has 2 rings (SSSR count). The lowest BCUT2D eigenvalue weighted by Gasteiger charge is -2.23. The van der Waals surface area contributed by atoms with Gasteiger partial charge < -0.3 is 20.3 Å². The van der Waals surface area contributed by atoms with E-state index < -0.39 is 12.1 Å². The highest BCUT2D eigenvalue weighted by Gasteiger charge is 2.24. The lowest BCUT2D eigenvalue weighted by molar-refractivity contribution is 0.0694. The van der Waals surface area contributed by atoms with Crippen LogP contribution < -0.4 is 10.1 Å². The first kappa shape index (κ1) is 20.7. The topological polar surface area (TPSA) is 91.7 Å². The molecule has 3 N–H and O–H groups in total. The van der Waals surface area contributed by atoms with Gasteiger partial charge in [-0.15, -0.1) is 0 Å². The zero-order valence-corrected chi connectivity index (χ0v) is 16.8. The van der Waals surface area contributed by atoms with Crippen molar-refractivity contribution in [3.63, 3.8) is 0 Å². The van der Waals surface area contributed by atoms with Crippen LogP contribution >= 0.6 is 0 Å². The summed E-state index contributed by atoms with van der Waals surface area (Å²) in [6, 6.07) is 5.35. The molecule has 146 valence electrons. The Morgan fingerprint density at radius 2 is 1.78 bits per heavy atom. The molecule has 2 aromatic rings. The summed E-state index contributed by atoms with van der Waals surface area (Å²) in [6.07, 6.45) is 0.0147. The van der Waals surface area contributed by atoms with Gasteiger partial charge in [0.2, 0.25) is 5.88 Å². The predicted octanol–water partition coefficient (Wildman–Crippen LogP) is 4.38. The molecule has 0 amide bonds. The lowest BCUT2D eigenvalue weighted by Crippen LogP contribution is -2.31. The van der Waals surface area contributed by atoms with E-state index in [0.717, 1.165) is 16.7 Å². The van der Waals surface area contributed by atoms with E-state index in [0.29, 0.717) is 23.6 Å². The highest BCUT2D eigenvalue weighted by atomic mass is 16.5. The van der Waals surface area contributed by atoms with Crippen LogP contribution in [0.2, 0.25) is 0 Å². The quantitative estimate of drug-likeness (QED) is 0.668. The number of benzene rings is 1. The Hall–Kier alpha value is -2.60. The summed E-state index contributed by atoms with van der Waals surface area (Å²) in [5, 5.41) is 22.9. The number of ether oxygens (including phenoxy) is 1. The van der Waals surface area contributed by atoms with Crippen molar-refractivity contribution in [2.75, 3.05) is 5.32 Å². The number of hydrogen-bond donors (Lipinski definition) is 3. The molecule has 1 aromatic heterocycles. The van der Waals surface area contributed by atoms with Crippen molar-refractivity contribution >= 4 is 11.7 Å². The maximum absolute atomic E-state index is 12.0. The van der Waals surface area contributed by atoms with Crippen molar-refractivity contribution in [1.29, 1.82) is 0 Å². The number of anilines is 1. The van der Waals surface area contributed by atoms with Crippen molar-refractivity contribution < 1.29 is 19.7 Å². The molecule has 0 saturated heterocycles. The molecule has 0 saturated carbocycles. The van der Waals surface area contributed by atoms with Gasteiger partial charge in [0.25, 0.3) is 0 Å². The molecule has 0 aliphatic rings. The van der Waals surface area contributed by atoms with Gasteiger partial charge in [-0.25, -0.2) is 9.78 Å². The number of carbonyl (C=O) groups is 1. The maximum atomic E-state index is 12.0. The van der Waals surface area contributed by atoms with Crippen LogP contribution in [0.25, 0.3) is 0 Å². The third-order valence-electron chi connectivity index (χ3n) is 4.49. The number of aromatic nitrogens is 1. The molecule has 0 bridgehead atoms. The van der Waals surface area contributed by atoms with Gasteiger partial charge in [-0.05, 0) is 58.2 Å². The fourth-order valence-corrected chi connectivity index (χ4v) is 3.23. The number of pyridine rings is 1. The SMILES string of the molecule is CCC(Nc1cc(C)nc(Oc2c(C)cc(C)cc2C)c1C(=O)O)C(C)O. The summed E-state index contributed by atoms with van der Waals surface area (Å²) in [5.41, 5.74) is 3.91. The number of hydrogen-bond acceptors (Lipinski definition) is 5. The molecule has 0 radical (unpaired) electrons. The van der Waals surface area contributed by atoms with Crippen LogP contribution in [0.5, 0.6) is 11.6 Å². The molecule has 0 spiro atoms. The molecular formula is C21H28N2O4. The Kier molecular flexibility index (Phi) is 6.44. The number of carboxylic acid groups (broad SMARTS) is 1. The molecule has 1 heterocycles. The summed E-state index contributed by atoms with van der Waals surface area (Å²) in [4.78, 5) is 16.3. The summed E-state index contributed by atoms with van der Waals surface area (Å²) < 4.78 is 5.99. The van der Waals surface area contributed by atoms with Crippen molar-refractivity contribution in [2.24, 2.45) is 0 Å². The average molecular weight is 372 g/mol. The van der Waals surface area contributed by atoms with Crippen LogP contribution in [0, 0.1) is 27.7 Å². The number of aliphatic hydroxyl groups excluding tert-OH is 1. The Balaban J connectivity index is 2.55. The van der Waals surface area contributed by atoms with Gasteiger partial charge in [-0.1, -0.05) is 24.6 Å². The number of carboxylic acids is 1. The Bertz CT molecular complexity index is 823. The molecule has 6 nitrogen and oxygen atoms in total. The largest absolute Gasteiger partial charge is 0.477 e. The van der Waals surface area contributed by atoms with E-state index >= 15 is 0 Å². The van der Waals surface area contributed by atoms with Gasteiger partial charge in [0.05, 0.1) is 17.8 Å². The molecule has 0 fully saturated rings. The molecule has 1 aromatic carbocycles. The predicted molar refractivity (Wildman–Crippen MR) is 106 cm³/mol. The van der Waals surface area contributed by atoms with E-state index in [9.17, 15) is 15.0 Å². The van der Waals surface area contributed by atoms with Gasteiger partial charge >= 0.3 is 5.97 Å². The fourth-order valence-electron chi connectivity index (χ4n) is 3.23. The zero-order chi connectivity index (χ0) is 20.3. The second kappa shape index (κ2) is 8.39. The second-order valence-electron chi connectivity index (χ2n) is 7.03. The normalized spacial score (nSPS) is 13.1. The van der Waals surface area contributed by atoms with Crippen LogP contribution in [-0.2, 0) is 0 Å². The lowest BCUT2D eigenvalue weighted by atomic mass is 10.1. The molecule has 27 heavy (non-hydrogen) atoms. The second-order valence-corrected chi connectivity index (χ2v) is 7.03. The van der Waals surface area contributed by atoms with Crippen LogP contribution in [0.1, 0.15) is 53.0 Å². The minimum Gasteiger partial charge on any atom is -0.477 e. The van der Waals surface area contributed by atoms with E-state index in [-0.39, 0.29) is 17.5 Å². The summed E-state index contributed by atoms with van der Waals surface area (Å²) in [7, 11) is 0. The van der Waals surface area contributed by atoms with Crippen LogP contribution in [0.3, 0.4) is 0 Å². The highest BCUT2D eigenvalue weighted by Crippen LogP contribution is 2.34. The Labute approximate surface area is 160 Å². The van der Waals surface area contributed by atoms with Crippen molar-refractivity contribution in [2.45, 2.75) is 60.1 Å². The molecular weight excluding hydrogens is 344 g/mol. The summed E-state index contributed by atoms with van der Waals surface area (Å²) in [6.45, 7) is 11.2. The number of aromatic carboxylic acids is 1. The van der Waals surface area contributed by atoms with Crippen LogP contribution in [0.4, 0.5) is 5.69 Å². The maximum Gasteiger partial charge on any atom is 0.343 e. The summed E-state index contributed by atoms with van der Waals surface area (Å²) >= 11 is 0. The Morgan fingerprint density at radius 1 is 1.19 bits per heavy atom. The molecule has 0 aliphatic carbocycles. The minimum absolute atomic E-state index is 0.0421. The van der Waals surface area contributed by atoms with Gasteiger partial charge in [-0.2, -0.15) is 0 Å². The first-order valence-corrected chi connectivity index (χ1v) is 9.09. The van der Waals surface area contributed by atoms with E-state index in [2.05, 4.69) is 10.3 Å². The molecule has 2 atom stereocenters. The molecule has 6 heteroatoms. The number of nitrogens with zero attached hydrogens (tertiary/aromatic N) is 1. The third kappa shape index (κ3) is 4.77. The fraction of sp³-hybridized carbons (Fsp3) is 0.429. The van der Waals surface area contributed by atoms with Crippen LogP contribution in [0.15, 0.2) is 18.2 Å². The zero-order valence-electron chi connectivity index (χ0n) is 16.8. The monoisotopic (exact) mass is 372 g/mol. The van der Waals surface area contributed by atoms with Crippen LogP contribution in [-0.4, -0.2) is 33.3 Å².